The Kier molecular flexibility index (Phi) is 7.62. The van der Waals surface area contributed by atoms with Crippen LogP contribution in [-0.2, 0) is 16.1 Å². The predicted octanol–water partition coefficient (Wildman–Crippen LogP) is 4.13. The number of ether oxygens (including phenoxy) is 4. The maximum absolute atomic E-state index is 13.4. The number of methoxy groups -OCH3 is 3. The Hall–Kier alpha value is -4.53. The average Bonchev–Trinajstić information content (AvgIpc) is 3.17. The van der Waals surface area contributed by atoms with Crippen LogP contribution in [0, 0.1) is 0 Å². The molecule has 9 nitrogen and oxygen atoms in total. The van der Waals surface area contributed by atoms with Crippen LogP contribution in [0.3, 0.4) is 0 Å². The van der Waals surface area contributed by atoms with Gasteiger partial charge in [0.1, 0.15) is 11.5 Å². The summed E-state index contributed by atoms with van der Waals surface area (Å²) >= 11 is 0. The number of amides is 1. The summed E-state index contributed by atoms with van der Waals surface area (Å²) in [6.45, 7) is 2.33. The van der Waals surface area contributed by atoms with Crippen LogP contribution in [0.25, 0.3) is 5.76 Å². The molecule has 0 spiro atoms. The maximum atomic E-state index is 13.4. The minimum absolute atomic E-state index is 0.0442. The lowest BCUT2D eigenvalue weighted by Gasteiger charge is -2.26. The topological polar surface area (TPSA) is 107 Å². The molecule has 9 heteroatoms. The van der Waals surface area contributed by atoms with Crippen LogP contribution in [-0.4, -0.2) is 54.6 Å². The molecule has 1 amide bonds. The molecule has 0 bridgehead atoms. The normalized spacial score (nSPS) is 16.5. The fourth-order valence-corrected chi connectivity index (χ4v) is 4.37. The zero-order chi connectivity index (χ0) is 26.5. The van der Waals surface area contributed by atoms with Crippen LogP contribution in [0.5, 0.6) is 23.0 Å². The Morgan fingerprint density at radius 2 is 1.70 bits per heavy atom. The van der Waals surface area contributed by atoms with E-state index >= 15 is 0 Å². The second-order valence-electron chi connectivity index (χ2n) is 8.17. The fourth-order valence-electron chi connectivity index (χ4n) is 4.37. The van der Waals surface area contributed by atoms with E-state index in [2.05, 4.69) is 4.98 Å². The number of aliphatic hydroxyl groups excluding tert-OH is 1. The number of aliphatic hydroxyl groups is 1. The predicted molar refractivity (Wildman–Crippen MR) is 136 cm³/mol. The summed E-state index contributed by atoms with van der Waals surface area (Å²) < 4.78 is 22.0. The monoisotopic (exact) mass is 504 g/mol. The van der Waals surface area contributed by atoms with Crippen LogP contribution in [0.2, 0.25) is 0 Å². The van der Waals surface area contributed by atoms with Crippen LogP contribution < -0.4 is 18.9 Å². The molecule has 1 fully saturated rings. The summed E-state index contributed by atoms with van der Waals surface area (Å²) in [5.74, 6) is -0.307. The van der Waals surface area contributed by atoms with Gasteiger partial charge < -0.3 is 29.0 Å². The van der Waals surface area contributed by atoms with E-state index in [1.807, 2.05) is 6.92 Å². The molecule has 2 aromatic carbocycles. The number of rotatable bonds is 9. The Morgan fingerprint density at radius 3 is 2.30 bits per heavy atom. The standard InChI is InChI=1S/C28H28N2O7/c1-5-37-20-11-8-9-17(13-20)25(31)23-24(18-14-21(34-2)27(36-4)22(15-18)35-3)30(28(33)26(23)32)16-19-10-6-7-12-29-19/h6-15,24,31H,5,16H2,1-4H3/b25-23+. The summed E-state index contributed by atoms with van der Waals surface area (Å²) in [7, 11) is 4.44. The number of carbonyl (C=O) groups excluding carboxylic acids is 2. The van der Waals surface area contributed by atoms with Gasteiger partial charge in [0.05, 0.1) is 51.8 Å². The van der Waals surface area contributed by atoms with E-state index in [4.69, 9.17) is 18.9 Å². The Balaban J connectivity index is 1.93. The molecule has 1 atom stereocenters. The number of ketones is 1. The summed E-state index contributed by atoms with van der Waals surface area (Å²) in [6.07, 6.45) is 1.61. The summed E-state index contributed by atoms with van der Waals surface area (Å²) in [5, 5.41) is 11.4. The molecule has 0 radical (unpaired) electrons. The van der Waals surface area contributed by atoms with E-state index < -0.39 is 17.7 Å². The van der Waals surface area contributed by atoms with Crippen molar-refractivity contribution >= 4 is 17.4 Å². The van der Waals surface area contributed by atoms with Gasteiger partial charge in [-0.2, -0.15) is 0 Å². The van der Waals surface area contributed by atoms with Gasteiger partial charge in [-0.1, -0.05) is 18.2 Å². The van der Waals surface area contributed by atoms with Gasteiger partial charge in [-0.05, 0) is 48.9 Å². The van der Waals surface area contributed by atoms with Gasteiger partial charge in [-0.15, -0.1) is 0 Å². The van der Waals surface area contributed by atoms with Gasteiger partial charge in [-0.25, -0.2) is 0 Å². The van der Waals surface area contributed by atoms with Crippen molar-refractivity contribution in [2.45, 2.75) is 19.5 Å². The second-order valence-corrected chi connectivity index (χ2v) is 8.17. The molecule has 1 aliphatic heterocycles. The third kappa shape index (κ3) is 4.93. The first-order chi connectivity index (χ1) is 17.9. The number of aromatic nitrogens is 1. The van der Waals surface area contributed by atoms with Gasteiger partial charge in [0.25, 0.3) is 11.7 Å². The van der Waals surface area contributed by atoms with Crippen molar-refractivity contribution in [1.82, 2.24) is 9.88 Å². The molecule has 37 heavy (non-hydrogen) atoms. The van der Waals surface area contributed by atoms with Crippen LogP contribution in [0.1, 0.15) is 29.8 Å². The molecule has 4 rings (SSSR count). The van der Waals surface area contributed by atoms with E-state index in [0.717, 1.165) is 0 Å². The molecule has 1 saturated heterocycles. The first kappa shape index (κ1) is 25.6. The molecule has 1 aliphatic rings. The SMILES string of the molecule is CCOc1cccc(/C(O)=C2\C(=O)C(=O)N(Cc3ccccn3)C2c2cc(OC)c(OC)c(OC)c2)c1. The molecular formula is C28H28N2O7. The lowest BCUT2D eigenvalue weighted by atomic mass is 9.94. The van der Waals surface area contributed by atoms with Crippen molar-refractivity contribution in [3.63, 3.8) is 0 Å². The second kappa shape index (κ2) is 11.0. The number of hydrogen-bond acceptors (Lipinski definition) is 8. The van der Waals surface area contributed by atoms with Gasteiger partial charge in [0, 0.05) is 11.8 Å². The number of Topliss-reactive ketones (excluding diaryl/α,β-unsaturated/α-hetero) is 1. The van der Waals surface area contributed by atoms with Crippen molar-refractivity contribution in [1.29, 1.82) is 0 Å². The molecule has 2 heterocycles. The Bertz CT molecular complexity index is 1310. The van der Waals surface area contributed by atoms with Crippen molar-refractivity contribution in [2.75, 3.05) is 27.9 Å². The van der Waals surface area contributed by atoms with E-state index in [9.17, 15) is 14.7 Å². The van der Waals surface area contributed by atoms with Crippen molar-refractivity contribution in [2.24, 2.45) is 0 Å². The molecular weight excluding hydrogens is 476 g/mol. The van der Waals surface area contributed by atoms with E-state index in [-0.39, 0.29) is 17.9 Å². The van der Waals surface area contributed by atoms with E-state index in [1.165, 1.54) is 26.2 Å². The van der Waals surface area contributed by atoms with Crippen molar-refractivity contribution in [3.05, 3.63) is 83.2 Å². The number of carbonyl (C=O) groups is 2. The van der Waals surface area contributed by atoms with E-state index in [0.29, 0.717) is 46.4 Å². The van der Waals surface area contributed by atoms with Crippen molar-refractivity contribution in [3.8, 4) is 23.0 Å². The Labute approximate surface area is 214 Å². The van der Waals surface area contributed by atoms with Crippen LogP contribution in [0.15, 0.2) is 66.4 Å². The third-order valence-electron chi connectivity index (χ3n) is 6.02. The van der Waals surface area contributed by atoms with Crippen molar-refractivity contribution < 1.29 is 33.6 Å². The lowest BCUT2D eigenvalue weighted by Crippen LogP contribution is -2.29. The number of hydrogen-bond donors (Lipinski definition) is 1. The Morgan fingerprint density at radius 1 is 0.973 bits per heavy atom. The van der Waals surface area contributed by atoms with Crippen LogP contribution in [0.4, 0.5) is 0 Å². The lowest BCUT2D eigenvalue weighted by molar-refractivity contribution is -0.140. The number of pyridine rings is 1. The summed E-state index contributed by atoms with van der Waals surface area (Å²) in [4.78, 5) is 32.4. The third-order valence-corrected chi connectivity index (χ3v) is 6.02. The zero-order valence-electron chi connectivity index (χ0n) is 21.1. The molecule has 3 aromatic rings. The number of likely N-dealkylation sites (tertiary alicyclic amines) is 1. The highest BCUT2D eigenvalue weighted by atomic mass is 16.5. The zero-order valence-corrected chi connectivity index (χ0v) is 21.1. The smallest absolute Gasteiger partial charge is 0.296 e. The molecule has 0 saturated carbocycles. The maximum Gasteiger partial charge on any atom is 0.296 e. The van der Waals surface area contributed by atoms with E-state index in [1.54, 1.807) is 60.8 Å². The molecule has 1 N–H and O–H groups in total. The van der Waals surface area contributed by atoms with Gasteiger partial charge in [0.2, 0.25) is 5.75 Å². The molecule has 0 aliphatic carbocycles. The fraction of sp³-hybridized carbons (Fsp3) is 0.250. The number of benzene rings is 2. The minimum atomic E-state index is -0.952. The largest absolute Gasteiger partial charge is 0.507 e. The number of nitrogens with zero attached hydrogens (tertiary/aromatic N) is 2. The highest BCUT2D eigenvalue weighted by Crippen LogP contribution is 2.46. The van der Waals surface area contributed by atoms with Crippen LogP contribution >= 0.6 is 0 Å². The van der Waals surface area contributed by atoms with Gasteiger partial charge in [-0.3, -0.25) is 14.6 Å². The molecule has 192 valence electrons. The first-order valence-electron chi connectivity index (χ1n) is 11.6. The van der Waals surface area contributed by atoms with Gasteiger partial charge >= 0.3 is 0 Å². The quantitative estimate of drug-likeness (QED) is 0.263. The molecule has 1 unspecified atom stereocenters. The highest BCUT2D eigenvalue weighted by Gasteiger charge is 2.46. The summed E-state index contributed by atoms with van der Waals surface area (Å²) in [5.41, 5.74) is 1.36. The highest BCUT2D eigenvalue weighted by molar-refractivity contribution is 6.46. The summed E-state index contributed by atoms with van der Waals surface area (Å²) in [6, 6.07) is 14.4. The average molecular weight is 505 g/mol. The first-order valence-corrected chi connectivity index (χ1v) is 11.6. The van der Waals surface area contributed by atoms with Gasteiger partial charge in [0.15, 0.2) is 11.5 Å². The minimum Gasteiger partial charge on any atom is -0.507 e. The molecule has 1 aromatic heterocycles.